The molecule has 0 aliphatic carbocycles. The number of hydrogen-bond donors (Lipinski definition) is 1. The fourth-order valence-electron chi connectivity index (χ4n) is 2.67. The summed E-state index contributed by atoms with van der Waals surface area (Å²) in [5.41, 5.74) is -0.0757. The van der Waals surface area contributed by atoms with Gasteiger partial charge in [0.15, 0.2) is 5.71 Å². The number of nitrogens with zero attached hydrogens (tertiary/aromatic N) is 2. The van der Waals surface area contributed by atoms with Crippen LogP contribution in [0.4, 0.5) is 0 Å². The molecular weight excluding hydrogens is 236 g/mol. The zero-order valence-electron chi connectivity index (χ0n) is 10.6. The first-order chi connectivity index (χ1) is 8.54. The van der Waals surface area contributed by atoms with E-state index in [-0.39, 0.29) is 30.1 Å². The van der Waals surface area contributed by atoms with Gasteiger partial charge in [-0.05, 0) is 26.2 Å². The average molecular weight is 254 g/mol. The van der Waals surface area contributed by atoms with Crippen molar-refractivity contribution in [2.75, 3.05) is 0 Å². The highest BCUT2D eigenvalue weighted by Crippen LogP contribution is 2.28. The second kappa shape index (κ2) is 4.96. The van der Waals surface area contributed by atoms with E-state index in [0.717, 1.165) is 19.3 Å². The third-order valence-electron chi connectivity index (χ3n) is 3.70. The summed E-state index contributed by atoms with van der Waals surface area (Å²) in [7, 11) is 0. The van der Waals surface area contributed by atoms with Gasteiger partial charge in [-0.3, -0.25) is 4.79 Å². The largest absolute Gasteiger partial charge is 0.477 e. The number of aliphatic carboxylic acids is 1. The molecule has 0 saturated carbocycles. The Bertz CT molecular complexity index is 394. The number of likely N-dealkylation sites (tertiary alicyclic amines) is 1. The first kappa shape index (κ1) is 12.9. The lowest BCUT2D eigenvalue weighted by Gasteiger charge is -2.29. The highest BCUT2D eigenvalue weighted by atomic mass is 16.6. The molecule has 2 heterocycles. The van der Waals surface area contributed by atoms with Crippen molar-refractivity contribution in [3.8, 4) is 0 Å². The summed E-state index contributed by atoms with van der Waals surface area (Å²) in [6, 6.07) is 0.435. The molecule has 0 aromatic heterocycles. The first-order valence-electron chi connectivity index (χ1n) is 6.32. The lowest BCUT2D eigenvalue weighted by Crippen LogP contribution is -2.45. The van der Waals surface area contributed by atoms with Crippen molar-refractivity contribution in [3.05, 3.63) is 0 Å². The predicted octanol–water partition coefficient (Wildman–Crippen LogP) is 1.01. The Morgan fingerprint density at radius 3 is 2.78 bits per heavy atom. The second-order valence-corrected chi connectivity index (χ2v) is 4.88. The van der Waals surface area contributed by atoms with E-state index < -0.39 is 12.1 Å². The van der Waals surface area contributed by atoms with E-state index >= 15 is 0 Å². The fourth-order valence-corrected chi connectivity index (χ4v) is 2.67. The molecular formula is C12H18N2O4. The lowest BCUT2D eigenvalue weighted by molar-refractivity contribution is -0.144. The van der Waals surface area contributed by atoms with Crippen LogP contribution in [0, 0.1) is 0 Å². The number of carboxylic acids is 1. The molecule has 2 aliphatic heterocycles. The van der Waals surface area contributed by atoms with Gasteiger partial charge in [0.05, 0.1) is 0 Å². The minimum atomic E-state index is -1.12. The van der Waals surface area contributed by atoms with E-state index in [2.05, 4.69) is 12.1 Å². The number of amides is 1. The van der Waals surface area contributed by atoms with E-state index in [1.807, 2.05) is 11.8 Å². The molecule has 1 amide bonds. The summed E-state index contributed by atoms with van der Waals surface area (Å²) in [5.74, 6) is -1.25. The monoisotopic (exact) mass is 254 g/mol. The summed E-state index contributed by atoms with van der Waals surface area (Å²) in [6.07, 6.45) is 2.21. The van der Waals surface area contributed by atoms with Crippen LogP contribution in [0.25, 0.3) is 0 Å². The molecule has 0 bridgehead atoms. The van der Waals surface area contributed by atoms with Crippen LogP contribution in [0.15, 0.2) is 5.16 Å². The van der Waals surface area contributed by atoms with E-state index in [4.69, 9.17) is 9.94 Å². The van der Waals surface area contributed by atoms with Crippen LogP contribution in [-0.2, 0) is 14.4 Å². The van der Waals surface area contributed by atoms with Gasteiger partial charge in [-0.1, -0.05) is 12.1 Å². The molecule has 2 aliphatic rings. The van der Waals surface area contributed by atoms with Crippen molar-refractivity contribution in [1.29, 1.82) is 0 Å². The second-order valence-electron chi connectivity index (χ2n) is 4.88. The van der Waals surface area contributed by atoms with Crippen LogP contribution in [0.5, 0.6) is 0 Å². The average Bonchev–Trinajstić information content (AvgIpc) is 2.94. The van der Waals surface area contributed by atoms with E-state index in [1.165, 1.54) is 0 Å². The van der Waals surface area contributed by atoms with Crippen molar-refractivity contribution in [1.82, 2.24) is 4.90 Å². The zero-order valence-corrected chi connectivity index (χ0v) is 10.6. The van der Waals surface area contributed by atoms with Crippen molar-refractivity contribution in [2.45, 2.75) is 57.7 Å². The van der Waals surface area contributed by atoms with Gasteiger partial charge in [-0.25, -0.2) is 4.79 Å². The topological polar surface area (TPSA) is 79.2 Å². The van der Waals surface area contributed by atoms with Gasteiger partial charge in [0.2, 0.25) is 6.10 Å². The molecule has 6 nitrogen and oxygen atoms in total. The smallest absolute Gasteiger partial charge is 0.353 e. The van der Waals surface area contributed by atoms with Crippen molar-refractivity contribution in [2.24, 2.45) is 5.16 Å². The molecule has 0 aromatic rings. The number of oxime groups is 1. The number of carbonyl (C=O) groups excluding carboxylic acids is 1. The van der Waals surface area contributed by atoms with Crippen molar-refractivity contribution in [3.63, 3.8) is 0 Å². The van der Waals surface area contributed by atoms with E-state index in [9.17, 15) is 9.59 Å². The van der Waals surface area contributed by atoms with Gasteiger partial charge < -0.3 is 14.8 Å². The van der Waals surface area contributed by atoms with E-state index in [1.54, 1.807) is 0 Å². The first-order valence-corrected chi connectivity index (χ1v) is 6.32. The Morgan fingerprint density at radius 2 is 2.22 bits per heavy atom. The van der Waals surface area contributed by atoms with Gasteiger partial charge >= 0.3 is 5.97 Å². The maximum Gasteiger partial charge on any atom is 0.353 e. The van der Waals surface area contributed by atoms with Gasteiger partial charge in [0.1, 0.15) is 0 Å². The third-order valence-corrected chi connectivity index (χ3v) is 3.70. The molecule has 0 spiro atoms. The minimum Gasteiger partial charge on any atom is -0.477 e. The highest BCUT2D eigenvalue weighted by molar-refractivity contribution is 6.36. The van der Waals surface area contributed by atoms with E-state index in [0.29, 0.717) is 0 Å². The Morgan fingerprint density at radius 1 is 1.50 bits per heavy atom. The summed E-state index contributed by atoms with van der Waals surface area (Å²) in [5, 5.41) is 12.2. The van der Waals surface area contributed by atoms with Crippen LogP contribution >= 0.6 is 0 Å². The molecule has 100 valence electrons. The SMILES string of the molecule is CCC1CCC(C)N1C(=O)C1CC(C(=O)O)=NO1. The minimum absolute atomic E-state index is 0.0633. The third kappa shape index (κ3) is 2.19. The number of hydrogen-bond acceptors (Lipinski definition) is 4. The van der Waals surface area contributed by atoms with Crippen LogP contribution < -0.4 is 0 Å². The van der Waals surface area contributed by atoms with Gasteiger partial charge in [-0.2, -0.15) is 0 Å². The number of carbonyl (C=O) groups is 2. The molecule has 2 rings (SSSR count). The van der Waals surface area contributed by atoms with Crippen molar-refractivity contribution < 1.29 is 19.5 Å². The normalized spacial score (nSPS) is 31.1. The molecule has 3 unspecified atom stereocenters. The Labute approximate surface area is 106 Å². The molecule has 18 heavy (non-hydrogen) atoms. The quantitative estimate of drug-likeness (QED) is 0.815. The lowest BCUT2D eigenvalue weighted by atomic mass is 10.1. The van der Waals surface area contributed by atoms with Crippen LogP contribution in [0.1, 0.15) is 39.5 Å². The van der Waals surface area contributed by atoms with Crippen LogP contribution in [-0.4, -0.2) is 45.8 Å². The fraction of sp³-hybridized carbons (Fsp3) is 0.750. The van der Waals surface area contributed by atoms with Crippen LogP contribution in [0.2, 0.25) is 0 Å². The molecule has 1 N–H and O–H groups in total. The Hall–Kier alpha value is -1.59. The Kier molecular flexibility index (Phi) is 3.54. The number of carboxylic acid groups (broad SMARTS) is 1. The summed E-state index contributed by atoms with van der Waals surface area (Å²) < 4.78 is 0. The van der Waals surface area contributed by atoms with Gasteiger partial charge in [0, 0.05) is 18.5 Å². The van der Waals surface area contributed by atoms with Gasteiger partial charge in [0.25, 0.3) is 5.91 Å². The predicted molar refractivity (Wildman–Crippen MR) is 64.2 cm³/mol. The standard InChI is InChI=1S/C12H18N2O4/c1-3-8-5-4-7(2)14(8)11(15)10-6-9(12(16)17)13-18-10/h7-8,10H,3-6H2,1-2H3,(H,16,17). The molecule has 0 radical (unpaired) electrons. The van der Waals surface area contributed by atoms with Crippen molar-refractivity contribution >= 4 is 17.6 Å². The summed E-state index contributed by atoms with van der Waals surface area (Å²) in [4.78, 5) is 29.9. The maximum absolute atomic E-state index is 12.3. The molecule has 6 heteroatoms. The highest BCUT2D eigenvalue weighted by Gasteiger charge is 2.40. The zero-order chi connectivity index (χ0) is 13.3. The summed E-state index contributed by atoms with van der Waals surface area (Å²) in [6.45, 7) is 4.07. The molecule has 1 fully saturated rings. The van der Waals surface area contributed by atoms with Crippen LogP contribution in [0.3, 0.4) is 0 Å². The van der Waals surface area contributed by atoms with Gasteiger partial charge in [-0.15, -0.1) is 0 Å². The molecule has 3 atom stereocenters. The summed E-state index contributed by atoms with van der Waals surface area (Å²) >= 11 is 0. The maximum atomic E-state index is 12.3. The Balaban J connectivity index is 2.02. The number of rotatable bonds is 3. The molecule has 0 aromatic carbocycles. The molecule has 1 saturated heterocycles.